The van der Waals surface area contributed by atoms with Crippen molar-refractivity contribution >= 4 is 27.3 Å². The van der Waals surface area contributed by atoms with Gasteiger partial charge in [-0.25, -0.2) is 13.6 Å². The van der Waals surface area contributed by atoms with Crippen LogP contribution >= 0.6 is 0 Å². The van der Waals surface area contributed by atoms with E-state index in [0.717, 1.165) is 5.56 Å². The Hall–Kier alpha value is -2.58. The Morgan fingerprint density at radius 2 is 1.86 bits per heavy atom. The van der Waals surface area contributed by atoms with Crippen molar-refractivity contribution < 1.29 is 17.9 Å². The summed E-state index contributed by atoms with van der Waals surface area (Å²) in [6, 6.07) is 10.1. The highest BCUT2D eigenvalue weighted by molar-refractivity contribution is 7.89. The van der Waals surface area contributed by atoms with Gasteiger partial charge in [0.2, 0.25) is 10.0 Å². The molecule has 152 valence electrons. The Bertz CT molecular complexity index is 969. The number of carbonyl (C=O) groups is 1. The lowest BCUT2D eigenvalue weighted by Crippen LogP contribution is -2.23. The summed E-state index contributed by atoms with van der Waals surface area (Å²) in [6.07, 6.45) is 0. The first-order chi connectivity index (χ1) is 13.0. The first kappa shape index (κ1) is 21.7. The van der Waals surface area contributed by atoms with Crippen LogP contribution < -0.4 is 20.1 Å². The zero-order valence-electron chi connectivity index (χ0n) is 16.8. The number of amides is 1. The number of nitrogens with one attached hydrogen (secondary N) is 1. The van der Waals surface area contributed by atoms with E-state index in [4.69, 9.17) is 9.88 Å². The van der Waals surface area contributed by atoms with E-state index in [9.17, 15) is 13.2 Å². The molecule has 1 amide bonds. The highest BCUT2D eigenvalue weighted by Gasteiger charge is 2.15. The molecule has 0 spiro atoms. The summed E-state index contributed by atoms with van der Waals surface area (Å²) >= 11 is 0. The normalized spacial score (nSPS) is 11.4. The van der Waals surface area contributed by atoms with Gasteiger partial charge in [-0.2, -0.15) is 0 Å². The molecular weight excluding hydrogens is 378 g/mol. The molecule has 0 radical (unpaired) electrons. The van der Waals surface area contributed by atoms with Gasteiger partial charge >= 0.3 is 0 Å². The number of rotatable bonds is 7. The predicted molar refractivity (Wildman–Crippen MR) is 112 cm³/mol. The molecule has 0 saturated heterocycles. The number of benzene rings is 2. The molecule has 0 saturated carbocycles. The van der Waals surface area contributed by atoms with Crippen LogP contribution in [0.15, 0.2) is 41.3 Å². The second kappa shape index (κ2) is 8.62. The number of anilines is 2. The molecular formula is C20H27N3O4S. The van der Waals surface area contributed by atoms with Crippen molar-refractivity contribution in [3.8, 4) is 5.75 Å². The number of aryl methyl sites for hydroxylation is 1. The molecule has 0 aliphatic rings. The zero-order valence-corrected chi connectivity index (χ0v) is 17.6. The van der Waals surface area contributed by atoms with E-state index in [-0.39, 0.29) is 11.5 Å². The minimum Gasteiger partial charge on any atom is -0.484 e. The monoisotopic (exact) mass is 405 g/mol. The number of nitrogens with two attached hydrogens (primary N) is 1. The van der Waals surface area contributed by atoms with Crippen molar-refractivity contribution in [1.82, 2.24) is 0 Å². The molecule has 3 N–H and O–H groups in total. The maximum Gasteiger partial charge on any atom is 0.262 e. The molecule has 0 aliphatic heterocycles. The number of nitrogens with zero attached hydrogens (tertiary/aromatic N) is 1. The van der Waals surface area contributed by atoms with Gasteiger partial charge in [-0.15, -0.1) is 0 Å². The van der Waals surface area contributed by atoms with E-state index < -0.39 is 15.9 Å². The van der Waals surface area contributed by atoms with E-state index in [0.29, 0.717) is 23.0 Å². The topological polar surface area (TPSA) is 102 Å². The standard InChI is InChI=1S/C20H27N3O4S/c1-13(2)17-8-6-15(10-14(17)3)27-12-20(24)22-18-11-16(28(21,25)26)7-9-19(18)23(4)5/h6-11,13H,12H2,1-5H3,(H,22,24)(H2,21,25,26). The van der Waals surface area contributed by atoms with Gasteiger partial charge in [0.1, 0.15) is 5.75 Å². The third-order valence-corrected chi connectivity index (χ3v) is 5.20. The van der Waals surface area contributed by atoms with Gasteiger partial charge in [0.25, 0.3) is 5.91 Å². The van der Waals surface area contributed by atoms with E-state index >= 15 is 0 Å². The first-order valence-electron chi connectivity index (χ1n) is 8.86. The number of hydrogen-bond acceptors (Lipinski definition) is 5. The van der Waals surface area contributed by atoms with E-state index in [2.05, 4.69) is 19.2 Å². The van der Waals surface area contributed by atoms with Crippen molar-refractivity contribution in [2.45, 2.75) is 31.6 Å². The quantitative estimate of drug-likeness (QED) is 0.737. The average Bonchev–Trinajstić information content (AvgIpc) is 2.58. The van der Waals surface area contributed by atoms with Gasteiger partial charge in [0.05, 0.1) is 16.3 Å². The largest absolute Gasteiger partial charge is 0.484 e. The molecule has 7 nitrogen and oxygen atoms in total. The minimum atomic E-state index is -3.88. The fourth-order valence-electron chi connectivity index (χ4n) is 2.90. The van der Waals surface area contributed by atoms with Crippen molar-refractivity contribution in [1.29, 1.82) is 0 Å². The van der Waals surface area contributed by atoms with Crippen LogP contribution in [0, 0.1) is 6.92 Å². The van der Waals surface area contributed by atoms with Crippen molar-refractivity contribution in [3.63, 3.8) is 0 Å². The summed E-state index contributed by atoms with van der Waals surface area (Å²) in [6.45, 7) is 6.04. The SMILES string of the molecule is Cc1cc(OCC(=O)Nc2cc(S(N)(=O)=O)ccc2N(C)C)ccc1C(C)C. The van der Waals surface area contributed by atoms with Gasteiger partial charge in [0, 0.05) is 14.1 Å². The smallest absolute Gasteiger partial charge is 0.262 e. The lowest BCUT2D eigenvalue weighted by Gasteiger charge is -2.19. The second-order valence-corrected chi connectivity index (χ2v) is 8.69. The third kappa shape index (κ3) is 5.46. The Morgan fingerprint density at radius 1 is 1.18 bits per heavy atom. The molecule has 0 fully saturated rings. The van der Waals surface area contributed by atoms with Crippen molar-refractivity contribution in [2.24, 2.45) is 5.14 Å². The van der Waals surface area contributed by atoms with Crippen LogP contribution in [0.2, 0.25) is 0 Å². The molecule has 0 aliphatic carbocycles. The first-order valence-corrected chi connectivity index (χ1v) is 10.4. The Labute approximate surface area is 166 Å². The van der Waals surface area contributed by atoms with Crippen LogP contribution in [-0.2, 0) is 14.8 Å². The van der Waals surface area contributed by atoms with Gasteiger partial charge < -0.3 is 15.0 Å². The summed E-state index contributed by atoms with van der Waals surface area (Å²) in [4.78, 5) is 14.0. The molecule has 2 rings (SSSR count). The minimum absolute atomic E-state index is 0.0748. The summed E-state index contributed by atoms with van der Waals surface area (Å²) in [5.41, 5.74) is 3.32. The van der Waals surface area contributed by atoms with Gasteiger partial charge in [-0.3, -0.25) is 4.79 Å². The van der Waals surface area contributed by atoms with Crippen LogP contribution in [0.25, 0.3) is 0 Å². The number of hydrogen-bond donors (Lipinski definition) is 2. The molecule has 0 heterocycles. The van der Waals surface area contributed by atoms with Gasteiger partial charge in [-0.05, 0) is 54.3 Å². The number of primary sulfonamides is 1. The Morgan fingerprint density at radius 3 is 2.39 bits per heavy atom. The number of ether oxygens (including phenoxy) is 1. The van der Waals surface area contributed by atoms with Gasteiger partial charge in [-0.1, -0.05) is 19.9 Å². The molecule has 0 bridgehead atoms. The summed E-state index contributed by atoms with van der Waals surface area (Å²) in [5, 5.41) is 7.88. The molecule has 0 aromatic heterocycles. The van der Waals surface area contributed by atoms with E-state index in [1.807, 2.05) is 25.1 Å². The average molecular weight is 406 g/mol. The fourth-order valence-corrected chi connectivity index (χ4v) is 3.44. The lowest BCUT2D eigenvalue weighted by atomic mass is 9.98. The highest BCUT2D eigenvalue weighted by Crippen LogP contribution is 2.27. The summed E-state index contributed by atoms with van der Waals surface area (Å²) in [7, 11) is -0.298. The van der Waals surface area contributed by atoms with Crippen LogP contribution in [0.5, 0.6) is 5.75 Å². The Kier molecular flexibility index (Phi) is 6.69. The highest BCUT2D eigenvalue weighted by atomic mass is 32.2. The van der Waals surface area contributed by atoms with Crippen LogP contribution in [0.1, 0.15) is 30.9 Å². The summed E-state index contributed by atoms with van der Waals surface area (Å²) in [5.74, 6) is 0.608. The van der Waals surface area contributed by atoms with Crippen molar-refractivity contribution in [2.75, 3.05) is 30.9 Å². The maximum absolute atomic E-state index is 12.3. The summed E-state index contributed by atoms with van der Waals surface area (Å²) < 4.78 is 28.8. The van der Waals surface area contributed by atoms with Crippen LogP contribution in [0.3, 0.4) is 0 Å². The van der Waals surface area contributed by atoms with Crippen molar-refractivity contribution in [3.05, 3.63) is 47.5 Å². The lowest BCUT2D eigenvalue weighted by molar-refractivity contribution is -0.118. The van der Waals surface area contributed by atoms with E-state index in [1.165, 1.54) is 17.7 Å². The molecule has 8 heteroatoms. The molecule has 0 atom stereocenters. The molecule has 2 aromatic carbocycles. The third-order valence-electron chi connectivity index (χ3n) is 4.29. The molecule has 2 aromatic rings. The fraction of sp³-hybridized carbons (Fsp3) is 0.350. The maximum atomic E-state index is 12.3. The Balaban J connectivity index is 2.13. The van der Waals surface area contributed by atoms with E-state index in [1.54, 1.807) is 25.1 Å². The number of carbonyl (C=O) groups excluding carboxylic acids is 1. The van der Waals surface area contributed by atoms with Crippen LogP contribution in [-0.4, -0.2) is 35.0 Å². The number of sulfonamides is 1. The molecule has 28 heavy (non-hydrogen) atoms. The van der Waals surface area contributed by atoms with Crippen LogP contribution in [0.4, 0.5) is 11.4 Å². The zero-order chi connectivity index (χ0) is 21.1. The second-order valence-electron chi connectivity index (χ2n) is 7.13. The molecule has 0 unspecified atom stereocenters. The van der Waals surface area contributed by atoms with Gasteiger partial charge in [0.15, 0.2) is 6.61 Å². The predicted octanol–water partition coefficient (Wildman–Crippen LogP) is 2.85.